The van der Waals surface area contributed by atoms with Gasteiger partial charge in [-0.2, -0.15) is 0 Å². The molecule has 126 valence electrons. The van der Waals surface area contributed by atoms with Crippen LogP contribution in [-0.2, 0) is 14.3 Å². The van der Waals surface area contributed by atoms with E-state index in [1.807, 2.05) is 24.3 Å². The second kappa shape index (κ2) is 6.11. The first-order valence-electron chi connectivity index (χ1n) is 7.79. The Kier molecular flexibility index (Phi) is 3.92. The van der Waals surface area contributed by atoms with Crippen LogP contribution in [0.3, 0.4) is 0 Å². The molecule has 2 heterocycles. The van der Waals surface area contributed by atoms with Gasteiger partial charge < -0.3 is 4.74 Å². The Hall–Kier alpha value is -2.47. The molecule has 2 aromatic rings. The van der Waals surface area contributed by atoms with Gasteiger partial charge in [0.15, 0.2) is 0 Å². The zero-order valence-electron chi connectivity index (χ0n) is 13.0. The van der Waals surface area contributed by atoms with Crippen molar-refractivity contribution in [2.75, 3.05) is 11.5 Å². The van der Waals surface area contributed by atoms with Crippen molar-refractivity contribution >= 4 is 33.5 Å². The number of hydrogen-bond acceptors (Lipinski definition) is 3. The molecular weight excluding hydrogens is 389 g/mol. The van der Waals surface area contributed by atoms with Gasteiger partial charge in [-0.3, -0.25) is 9.69 Å². The summed E-state index contributed by atoms with van der Waals surface area (Å²) in [6, 6.07) is 13.2. The van der Waals surface area contributed by atoms with Gasteiger partial charge in [0.25, 0.3) is 0 Å². The van der Waals surface area contributed by atoms with Crippen molar-refractivity contribution < 1.29 is 18.7 Å². The Balaban J connectivity index is 1.83. The molecule has 0 bridgehead atoms. The Bertz CT molecular complexity index is 907. The maximum absolute atomic E-state index is 13.2. The summed E-state index contributed by atoms with van der Waals surface area (Å²) in [6.45, 7) is 0.0596. The lowest BCUT2D eigenvalue weighted by atomic mass is 9.84. The second-order valence-corrected chi connectivity index (χ2v) is 6.87. The average molecular weight is 402 g/mol. The molecule has 0 spiro atoms. The summed E-state index contributed by atoms with van der Waals surface area (Å²) in [7, 11) is 0. The number of halogens is 2. The molecule has 2 aromatic carbocycles. The van der Waals surface area contributed by atoms with Crippen molar-refractivity contribution in [3.63, 3.8) is 0 Å². The minimum Gasteiger partial charge on any atom is -0.456 e. The smallest absolute Gasteiger partial charge is 0.336 e. The first kappa shape index (κ1) is 16.0. The lowest BCUT2D eigenvalue weighted by Crippen LogP contribution is -2.37. The fourth-order valence-electron chi connectivity index (χ4n) is 3.35. The van der Waals surface area contributed by atoms with Gasteiger partial charge in [-0.25, -0.2) is 9.18 Å². The highest BCUT2D eigenvalue weighted by Crippen LogP contribution is 2.42. The SMILES string of the molecule is O=C1OCC2=C1[C@H](c1ccc(F)cc1)CC(=O)N2c1cccc(Br)c1. The molecule has 0 fully saturated rings. The van der Waals surface area contributed by atoms with E-state index < -0.39 is 11.9 Å². The molecule has 2 aliphatic rings. The molecule has 6 heteroatoms. The highest BCUT2D eigenvalue weighted by atomic mass is 79.9. The summed E-state index contributed by atoms with van der Waals surface area (Å²) in [5, 5.41) is 0. The number of carbonyl (C=O) groups is 2. The summed E-state index contributed by atoms with van der Waals surface area (Å²) in [5.74, 6) is -1.31. The van der Waals surface area contributed by atoms with Crippen molar-refractivity contribution in [3.8, 4) is 0 Å². The molecular formula is C19H13BrFNO3. The molecule has 0 aromatic heterocycles. The normalized spacial score (nSPS) is 19.9. The molecule has 4 nitrogen and oxygen atoms in total. The van der Waals surface area contributed by atoms with Gasteiger partial charge in [-0.15, -0.1) is 0 Å². The monoisotopic (exact) mass is 401 g/mol. The van der Waals surface area contributed by atoms with Gasteiger partial charge in [0.1, 0.15) is 12.4 Å². The van der Waals surface area contributed by atoms with Crippen LogP contribution in [0.1, 0.15) is 17.9 Å². The van der Waals surface area contributed by atoms with Crippen LogP contribution in [0.5, 0.6) is 0 Å². The van der Waals surface area contributed by atoms with E-state index in [2.05, 4.69) is 15.9 Å². The Morgan fingerprint density at radius 2 is 1.88 bits per heavy atom. The van der Waals surface area contributed by atoms with Crippen LogP contribution >= 0.6 is 15.9 Å². The molecule has 0 saturated heterocycles. The molecule has 0 radical (unpaired) electrons. The summed E-state index contributed by atoms with van der Waals surface area (Å²) in [6.07, 6.45) is 0.131. The van der Waals surface area contributed by atoms with E-state index in [4.69, 9.17) is 4.74 Å². The average Bonchev–Trinajstić information content (AvgIpc) is 2.96. The van der Waals surface area contributed by atoms with Crippen LogP contribution in [-0.4, -0.2) is 18.5 Å². The van der Waals surface area contributed by atoms with Crippen LogP contribution in [0.15, 0.2) is 64.3 Å². The van der Waals surface area contributed by atoms with Gasteiger partial charge in [-0.05, 0) is 35.9 Å². The molecule has 0 aliphatic carbocycles. The van der Waals surface area contributed by atoms with Crippen LogP contribution in [0.4, 0.5) is 10.1 Å². The minimum absolute atomic E-state index is 0.0596. The Morgan fingerprint density at radius 1 is 1.12 bits per heavy atom. The maximum atomic E-state index is 13.2. The van der Waals surface area contributed by atoms with Crippen molar-refractivity contribution in [2.45, 2.75) is 12.3 Å². The standard InChI is InChI=1S/C19H13BrFNO3/c20-12-2-1-3-14(8-12)22-16-10-25-19(24)18(16)15(9-17(22)23)11-4-6-13(21)7-5-11/h1-8,15H,9-10H2/t15-/m0/s1. The number of nitrogens with zero attached hydrogens (tertiary/aromatic N) is 1. The van der Waals surface area contributed by atoms with E-state index in [1.54, 1.807) is 17.0 Å². The molecule has 25 heavy (non-hydrogen) atoms. The van der Waals surface area contributed by atoms with Gasteiger partial charge in [-0.1, -0.05) is 34.1 Å². The number of cyclic esters (lactones) is 1. The molecule has 4 rings (SSSR count). The lowest BCUT2D eigenvalue weighted by Gasteiger charge is -2.32. The zero-order chi connectivity index (χ0) is 17.6. The number of anilines is 1. The third-order valence-electron chi connectivity index (χ3n) is 4.46. The molecule has 0 N–H and O–H groups in total. The number of ether oxygens (including phenoxy) is 1. The van der Waals surface area contributed by atoms with E-state index in [1.165, 1.54) is 12.1 Å². The predicted octanol–water partition coefficient (Wildman–Crippen LogP) is 3.92. The quantitative estimate of drug-likeness (QED) is 0.716. The minimum atomic E-state index is -0.420. The van der Waals surface area contributed by atoms with Gasteiger partial charge >= 0.3 is 5.97 Å². The highest BCUT2D eigenvalue weighted by Gasteiger charge is 2.42. The van der Waals surface area contributed by atoms with E-state index in [9.17, 15) is 14.0 Å². The van der Waals surface area contributed by atoms with E-state index in [0.717, 1.165) is 10.0 Å². The van der Waals surface area contributed by atoms with Crippen LogP contribution in [0, 0.1) is 5.82 Å². The number of rotatable bonds is 2. The van der Waals surface area contributed by atoms with Crippen molar-refractivity contribution in [2.24, 2.45) is 0 Å². The Labute approximate surface area is 152 Å². The highest BCUT2D eigenvalue weighted by molar-refractivity contribution is 9.10. The summed E-state index contributed by atoms with van der Waals surface area (Å²) in [4.78, 5) is 26.7. The topological polar surface area (TPSA) is 46.6 Å². The first-order valence-corrected chi connectivity index (χ1v) is 8.58. The number of hydrogen-bond donors (Lipinski definition) is 0. The molecule has 0 unspecified atom stereocenters. The number of amides is 1. The van der Waals surface area contributed by atoms with Gasteiger partial charge in [0.2, 0.25) is 5.91 Å². The lowest BCUT2D eigenvalue weighted by molar-refractivity contribution is -0.136. The van der Waals surface area contributed by atoms with E-state index >= 15 is 0 Å². The van der Waals surface area contributed by atoms with Gasteiger partial charge in [0.05, 0.1) is 11.3 Å². The summed E-state index contributed by atoms with van der Waals surface area (Å²) >= 11 is 3.40. The van der Waals surface area contributed by atoms with Crippen LogP contribution in [0.2, 0.25) is 0 Å². The fourth-order valence-corrected chi connectivity index (χ4v) is 3.74. The summed E-state index contributed by atoms with van der Waals surface area (Å²) < 4.78 is 19.3. The third kappa shape index (κ3) is 2.76. The van der Waals surface area contributed by atoms with Gasteiger partial charge in [0, 0.05) is 22.5 Å². The molecule has 0 saturated carbocycles. The largest absolute Gasteiger partial charge is 0.456 e. The maximum Gasteiger partial charge on any atom is 0.336 e. The number of carbonyl (C=O) groups excluding carboxylic acids is 2. The first-order chi connectivity index (χ1) is 12.0. The van der Waals surface area contributed by atoms with Crippen LogP contribution < -0.4 is 4.90 Å². The third-order valence-corrected chi connectivity index (χ3v) is 4.95. The summed E-state index contributed by atoms with van der Waals surface area (Å²) in [5.41, 5.74) is 2.46. The molecule has 2 aliphatic heterocycles. The van der Waals surface area contributed by atoms with E-state index in [0.29, 0.717) is 17.0 Å². The zero-order valence-corrected chi connectivity index (χ0v) is 14.6. The fraction of sp³-hybridized carbons (Fsp3) is 0.158. The number of esters is 1. The predicted molar refractivity (Wildman–Crippen MR) is 93.4 cm³/mol. The number of benzene rings is 2. The second-order valence-electron chi connectivity index (χ2n) is 5.95. The van der Waals surface area contributed by atoms with Crippen molar-refractivity contribution in [1.29, 1.82) is 0 Å². The van der Waals surface area contributed by atoms with Crippen LogP contribution in [0.25, 0.3) is 0 Å². The van der Waals surface area contributed by atoms with Crippen molar-refractivity contribution in [3.05, 3.63) is 75.7 Å². The van der Waals surface area contributed by atoms with E-state index in [-0.39, 0.29) is 24.8 Å². The Morgan fingerprint density at radius 3 is 2.60 bits per heavy atom. The molecule has 1 amide bonds. The molecule has 1 atom stereocenters. The van der Waals surface area contributed by atoms with Crippen molar-refractivity contribution in [1.82, 2.24) is 0 Å².